The molecule has 0 aliphatic carbocycles. The lowest BCUT2D eigenvalue weighted by molar-refractivity contribution is 0.102. The summed E-state index contributed by atoms with van der Waals surface area (Å²) in [5.41, 5.74) is 7.66. The van der Waals surface area contributed by atoms with Crippen molar-refractivity contribution in [3.63, 3.8) is 0 Å². The van der Waals surface area contributed by atoms with Crippen LogP contribution in [0.4, 0.5) is 11.4 Å². The number of aryl methyl sites for hydroxylation is 1. The summed E-state index contributed by atoms with van der Waals surface area (Å²) in [6.07, 6.45) is 1.51. The van der Waals surface area contributed by atoms with E-state index in [0.29, 0.717) is 27.7 Å². The van der Waals surface area contributed by atoms with Crippen LogP contribution in [-0.4, -0.2) is 10.9 Å². The minimum atomic E-state index is -0.290. The number of nitrogen functional groups attached to an aromatic ring is 1. The van der Waals surface area contributed by atoms with E-state index in [9.17, 15) is 4.79 Å². The van der Waals surface area contributed by atoms with E-state index in [2.05, 4.69) is 26.2 Å². The first-order valence-corrected chi connectivity index (χ1v) is 6.63. The van der Waals surface area contributed by atoms with Crippen LogP contribution >= 0.6 is 27.5 Å². The van der Waals surface area contributed by atoms with Gasteiger partial charge in [0.25, 0.3) is 5.91 Å². The van der Waals surface area contributed by atoms with E-state index in [4.69, 9.17) is 17.3 Å². The molecule has 0 fully saturated rings. The molecule has 19 heavy (non-hydrogen) atoms. The van der Waals surface area contributed by atoms with Gasteiger partial charge in [-0.05, 0) is 31.2 Å². The van der Waals surface area contributed by atoms with Crippen LogP contribution in [0, 0.1) is 6.92 Å². The summed E-state index contributed by atoms with van der Waals surface area (Å²) in [5, 5.41) is 3.19. The summed E-state index contributed by atoms with van der Waals surface area (Å²) in [4.78, 5) is 16.2. The second-order valence-corrected chi connectivity index (χ2v) is 5.30. The third-order valence-corrected chi connectivity index (χ3v) is 3.34. The summed E-state index contributed by atoms with van der Waals surface area (Å²) in [6, 6.07) is 6.82. The van der Waals surface area contributed by atoms with E-state index in [1.807, 2.05) is 0 Å². The van der Waals surface area contributed by atoms with E-state index in [-0.39, 0.29) is 5.91 Å². The lowest BCUT2D eigenvalue weighted by atomic mass is 10.1. The van der Waals surface area contributed by atoms with Crippen molar-refractivity contribution in [1.29, 1.82) is 0 Å². The Morgan fingerprint density at radius 3 is 2.84 bits per heavy atom. The molecule has 2 rings (SSSR count). The predicted molar refractivity (Wildman–Crippen MR) is 80.5 cm³/mol. The number of amides is 1. The molecule has 4 nitrogen and oxygen atoms in total. The number of nitrogens with two attached hydrogens (primary N) is 1. The third-order valence-electron chi connectivity index (χ3n) is 2.53. The fourth-order valence-corrected chi connectivity index (χ4v) is 2.28. The van der Waals surface area contributed by atoms with Crippen LogP contribution in [0.2, 0.25) is 5.02 Å². The molecule has 0 saturated carbocycles. The zero-order chi connectivity index (χ0) is 14.0. The highest BCUT2D eigenvalue weighted by Gasteiger charge is 2.12. The Labute approximate surface area is 124 Å². The molecule has 0 bridgehead atoms. The first kappa shape index (κ1) is 13.8. The Hall–Kier alpha value is -1.59. The standard InChI is InChI=1S/C13H11BrClN3O/c1-7-10(5-9(16)6-17-7)13(19)18-12-3-2-8(14)4-11(12)15/h2-6H,16H2,1H3,(H,18,19). The van der Waals surface area contributed by atoms with E-state index in [1.165, 1.54) is 6.20 Å². The second kappa shape index (κ2) is 5.59. The normalized spacial score (nSPS) is 10.3. The lowest BCUT2D eigenvalue weighted by Gasteiger charge is -2.09. The SMILES string of the molecule is Cc1ncc(N)cc1C(=O)Nc1ccc(Br)cc1Cl. The molecule has 0 atom stereocenters. The van der Waals surface area contributed by atoms with Crippen LogP contribution in [0.5, 0.6) is 0 Å². The molecule has 6 heteroatoms. The van der Waals surface area contributed by atoms with Crippen molar-refractivity contribution in [2.45, 2.75) is 6.92 Å². The number of anilines is 2. The van der Waals surface area contributed by atoms with E-state index < -0.39 is 0 Å². The number of aromatic nitrogens is 1. The predicted octanol–water partition coefficient (Wildman–Crippen LogP) is 3.64. The van der Waals surface area contributed by atoms with Crippen LogP contribution in [0.1, 0.15) is 16.1 Å². The smallest absolute Gasteiger partial charge is 0.257 e. The van der Waals surface area contributed by atoms with Gasteiger partial charge in [0.2, 0.25) is 0 Å². The number of hydrogen-bond donors (Lipinski definition) is 2. The maximum absolute atomic E-state index is 12.1. The van der Waals surface area contributed by atoms with Gasteiger partial charge in [-0.3, -0.25) is 9.78 Å². The fraction of sp³-hybridized carbons (Fsp3) is 0.0769. The molecule has 2 aromatic rings. The van der Waals surface area contributed by atoms with E-state index in [1.54, 1.807) is 31.2 Å². The molecule has 0 aliphatic rings. The molecule has 0 spiro atoms. The van der Waals surface area contributed by atoms with Gasteiger partial charge >= 0.3 is 0 Å². The van der Waals surface area contributed by atoms with E-state index >= 15 is 0 Å². The van der Waals surface area contributed by atoms with Crippen LogP contribution < -0.4 is 11.1 Å². The monoisotopic (exact) mass is 339 g/mol. The highest BCUT2D eigenvalue weighted by atomic mass is 79.9. The molecule has 1 amide bonds. The average Bonchev–Trinajstić information content (AvgIpc) is 2.35. The summed E-state index contributed by atoms with van der Waals surface area (Å²) in [7, 11) is 0. The summed E-state index contributed by atoms with van der Waals surface area (Å²) in [5.74, 6) is -0.290. The van der Waals surface area contributed by atoms with Gasteiger partial charge in [-0.1, -0.05) is 27.5 Å². The minimum Gasteiger partial charge on any atom is -0.397 e. The first-order chi connectivity index (χ1) is 8.97. The largest absolute Gasteiger partial charge is 0.397 e. The molecule has 1 heterocycles. The highest BCUT2D eigenvalue weighted by Crippen LogP contribution is 2.26. The minimum absolute atomic E-state index is 0.290. The molecular formula is C13H11BrClN3O. The number of halogens is 2. The van der Waals surface area contributed by atoms with Gasteiger partial charge < -0.3 is 11.1 Å². The molecule has 0 aliphatic heterocycles. The summed E-state index contributed by atoms with van der Waals surface area (Å²) >= 11 is 9.35. The Morgan fingerprint density at radius 1 is 1.42 bits per heavy atom. The Morgan fingerprint density at radius 2 is 2.16 bits per heavy atom. The van der Waals surface area contributed by atoms with Crippen molar-refractivity contribution < 1.29 is 4.79 Å². The molecule has 3 N–H and O–H groups in total. The molecular weight excluding hydrogens is 330 g/mol. The first-order valence-electron chi connectivity index (χ1n) is 5.46. The van der Waals surface area contributed by atoms with Gasteiger partial charge in [-0.25, -0.2) is 0 Å². The second-order valence-electron chi connectivity index (χ2n) is 3.98. The van der Waals surface area contributed by atoms with Crippen molar-refractivity contribution >= 4 is 44.8 Å². The average molecular weight is 341 g/mol. The number of carbonyl (C=O) groups excluding carboxylic acids is 1. The van der Waals surface area contributed by atoms with Crippen molar-refractivity contribution in [2.24, 2.45) is 0 Å². The Kier molecular flexibility index (Phi) is 4.07. The number of hydrogen-bond acceptors (Lipinski definition) is 3. The van der Waals surface area contributed by atoms with Crippen molar-refractivity contribution in [1.82, 2.24) is 4.98 Å². The molecule has 1 aromatic carbocycles. The number of carbonyl (C=O) groups is 1. The molecule has 1 aromatic heterocycles. The van der Waals surface area contributed by atoms with Gasteiger partial charge in [-0.2, -0.15) is 0 Å². The summed E-state index contributed by atoms with van der Waals surface area (Å²) < 4.78 is 0.845. The number of nitrogens with zero attached hydrogens (tertiary/aromatic N) is 1. The van der Waals surface area contributed by atoms with Crippen molar-refractivity contribution in [3.05, 3.63) is 51.2 Å². The van der Waals surface area contributed by atoms with Crippen LogP contribution in [-0.2, 0) is 0 Å². The van der Waals surface area contributed by atoms with Crippen LogP contribution in [0.25, 0.3) is 0 Å². The fourth-order valence-electron chi connectivity index (χ4n) is 1.56. The number of benzene rings is 1. The highest BCUT2D eigenvalue weighted by molar-refractivity contribution is 9.10. The van der Waals surface area contributed by atoms with Gasteiger partial charge in [0, 0.05) is 4.47 Å². The van der Waals surface area contributed by atoms with E-state index in [0.717, 1.165) is 4.47 Å². The summed E-state index contributed by atoms with van der Waals surface area (Å²) in [6.45, 7) is 1.75. The Bertz CT molecular complexity index is 646. The quantitative estimate of drug-likeness (QED) is 0.877. The lowest BCUT2D eigenvalue weighted by Crippen LogP contribution is -2.14. The number of pyridine rings is 1. The molecule has 98 valence electrons. The van der Waals surface area contributed by atoms with Crippen LogP contribution in [0.15, 0.2) is 34.9 Å². The van der Waals surface area contributed by atoms with Crippen LogP contribution in [0.3, 0.4) is 0 Å². The zero-order valence-electron chi connectivity index (χ0n) is 10.1. The van der Waals surface area contributed by atoms with Crippen molar-refractivity contribution in [2.75, 3.05) is 11.1 Å². The third kappa shape index (κ3) is 3.24. The van der Waals surface area contributed by atoms with Gasteiger partial charge in [0.1, 0.15) is 0 Å². The molecule has 0 radical (unpaired) electrons. The van der Waals surface area contributed by atoms with Gasteiger partial charge in [-0.15, -0.1) is 0 Å². The maximum Gasteiger partial charge on any atom is 0.257 e. The number of rotatable bonds is 2. The van der Waals surface area contributed by atoms with Gasteiger partial charge in [0.15, 0.2) is 0 Å². The van der Waals surface area contributed by atoms with Crippen molar-refractivity contribution in [3.8, 4) is 0 Å². The topological polar surface area (TPSA) is 68.0 Å². The molecule has 0 unspecified atom stereocenters. The van der Waals surface area contributed by atoms with Gasteiger partial charge in [0.05, 0.1) is 33.9 Å². The Balaban J connectivity index is 2.28. The number of nitrogens with one attached hydrogen (secondary N) is 1. The zero-order valence-corrected chi connectivity index (χ0v) is 12.4. The maximum atomic E-state index is 12.1. The molecule has 0 saturated heterocycles.